The van der Waals surface area contributed by atoms with Crippen molar-refractivity contribution in [2.24, 2.45) is 0 Å². The van der Waals surface area contributed by atoms with Crippen LogP contribution < -0.4 is 0 Å². The Morgan fingerprint density at radius 1 is 1.27 bits per heavy atom. The molecule has 0 aliphatic rings. The Bertz CT molecular complexity index is 264. The van der Waals surface area contributed by atoms with Crippen LogP contribution in [0.5, 0.6) is 0 Å². The maximum atomic E-state index is 12.4. The molecule has 0 aromatic heterocycles. The SMILES string of the molecule is Fc1ccc(/C(Cl)=C/Cl)cc1. The summed E-state index contributed by atoms with van der Waals surface area (Å²) in [6, 6.07) is 5.79. The summed E-state index contributed by atoms with van der Waals surface area (Å²) >= 11 is 11.0. The minimum absolute atomic E-state index is 0.284. The van der Waals surface area contributed by atoms with Crippen LogP contribution in [0.2, 0.25) is 0 Å². The first-order valence-corrected chi connectivity index (χ1v) is 3.77. The van der Waals surface area contributed by atoms with Gasteiger partial charge in [0.2, 0.25) is 0 Å². The van der Waals surface area contributed by atoms with Gasteiger partial charge in [-0.15, -0.1) is 0 Å². The van der Waals surface area contributed by atoms with E-state index in [1.165, 1.54) is 17.7 Å². The van der Waals surface area contributed by atoms with E-state index in [2.05, 4.69) is 0 Å². The molecule has 1 aromatic carbocycles. The molecule has 0 N–H and O–H groups in total. The molecule has 0 bridgehead atoms. The van der Waals surface area contributed by atoms with Crippen LogP contribution >= 0.6 is 23.2 Å². The Kier molecular flexibility index (Phi) is 2.92. The molecule has 58 valence electrons. The fourth-order valence-electron chi connectivity index (χ4n) is 0.672. The predicted octanol–water partition coefficient (Wildman–Crippen LogP) is 3.60. The molecule has 0 saturated carbocycles. The number of hydrogen-bond donors (Lipinski definition) is 0. The number of halogens is 3. The van der Waals surface area contributed by atoms with Crippen LogP contribution in [-0.4, -0.2) is 0 Å². The molecule has 3 heteroatoms. The average molecular weight is 191 g/mol. The van der Waals surface area contributed by atoms with Crippen molar-refractivity contribution in [3.05, 3.63) is 41.2 Å². The largest absolute Gasteiger partial charge is 0.207 e. The van der Waals surface area contributed by atoms with E-state index in [-0.39, 0.29) is 5.82 Å². The van der Waals surface area contributed by atoms with Crippen molar-refractivity contribution in [2.75, 3.05) is 0 Å². The van der Waals surface area contributed by atoms with Crippen LogP contribution in [0, 0.1) is 5.82 Å². The van der Waals surface area contributed by atoms with Gasteiger partial charge in [0.25, 0.3) is 0 Å². The van der Waals surface area contributed by atoms with E-state index in [1.54, 1.807) is 12.1 Å². The van der Waals surface area contributed by atoms with Gasteiger partial charge in [-0.05, 0) is 17.7 Å². The highest BCUT2D eigenvalue weighted by atomic mass is 35.5. The zero-order valence-electron chi connectivity index (χ0n) is 5.52. The number of rotatable bonds is 1. The first kappa shape index (κ1) is 8.57. The highest BCUT2D eigenvalue weighted by molar-refractivity contribution is 6.52. The first-order chi connectivity index (χ1) is 5.24. The van der Waals surface area contributed by atoms with E-state index in [1.807, 2.05) is 0 Å². The van der Waals surface area contributed by atoms with E-state index in [0.29, 0.717) is 10.6 Å². The quantitative estimate of drug-likeness (QED) is 0.636. The summed E-state index contributed by atoms with van der Waals surface area (Å²) in [6.07, 6.45) is 0. The fourth-order valence-corrected chi connectivity index (χ4v) is 0.924. The summed E-state index contributed by atoms with van der Waals surface area (Å²) in [5.74, 6) is -0.284. The van der Waals surface area contributed by atoms with E-state index in [4.69, 9.17) is 23.2 Å². The highest BCUT2D eigenvalue weighted by Gasteiger charge is 1.96. The predicted molar refractivity (Wildman–Crippen MR) is 46.1 cm³/mol. The molecule has 0 radical (unpaired) electrons. The smallest absolute Gasteiger partial charge is 0.123 e. The van der Waals surface area contributed by atoms with E-state index >= 15 is 0 Å². The lowest BCUT2D eigenvalue weighted by molar-refractivity contribution is 0.628. The van der Waals surface area contributed by atoms with Crippen LogP contribution in [0.4, 0.5) is 4.39 Å². The van der Waals surface area contributed by atoms with Crippen molar-refractivity contribution in [2.45, 2.75) is 0 Å². The van der Waals surface area contributed by atoms with Gasteiger partial charge in [-0.3, -0.25) is 0 Å². The molecule has 0 atom stereocenters. The molecule has 11 heavy (non-hydrogen) atoms. The van der Waals surface area contributed by atoms with Gasteiger partial charge in [0.1, 0.15) is 5.82 Å². The lowest BCUT2D eigenvalue weighted by atomic mass is 10.2. The molecule has 0 spiro atoms. The second-order valence-corrected chi connectivity index (χ2v) is 2.59. The zero-order chi connectivity index (χ0) is 8.27. The third-order valence-corrected chi connectivity index (χ3v) is 1.87. The minimum Gasteiger partial charge on any atom is -0.207 e. The van der Waals surface area contributed by atoms with Crippen molar-refractivity contribution in [1.82, 2.24) is 0 Å². The molecule has 0 amide bonds. The highest BCUT2D eigenvalue weighted by Crippen LogP contribution is 2.19. The van der Waals surface area contributed by atoms with Crippen molar-refractivity contribution in [3.8, 4) is 0 Å². The van der Waals surface area contributed by atoms with Crippen molar-refractivity contribution in [1.29, 1.82) is 0 Å². The lowest BCUT2D eigenvalue weighted by Crippen LogP contribution is -1.76. The molecular formula is C8H5Cl2F. The summed E-state index contributed by atoms with van der Waals surface area (Å²) in [4.78, 5) is 0. The average Bonchev–Trinajstić information content (AvgIpc) is 2.05. The normalized spacial score (nSPS) is 11.7. The molecule has 1 rings (SSSR count). The Morgan fingerprint density at radius 2 is 1.82 bits per heavy atom. The molecule has 0 aliphatic heterocycles. The molecule has 0 aliphatic carbocycles. The van der Waals surface area contributed by atoms with E-state index < -0.39 is 0 Å². The van der Waals surface area contributed by atoms with Gasteiger partial charge in [0, 0.05) is 5.54 Å². The van der Waals surface area contributed by atoms with Gasteiger partial charge >= 0.3 is 0 Å². The van der Waals surface area contributed by atoms with Gasteiger partial charge in [-0.2, -0.15) is 0 Å². The summed E-state index contributed by atoms with van der Waals surface area (Å²) in [5, 5.41) is 0.409. The third-order valence-electron chi connectivity index (χ3n) is 1.22. The van der Waals surface area contributed by atoms with E-state index in [0.717, 1.165) is 0 Å². The van der Waals surface area contributed by atoms with Gasteiger partial charge in [0.05, 0.1) is 5.03 Å². The molecule has 0 saturated heterocycles. The Balaban J connectivity index is 2.99. The first-order valence-electron chi connectivity index (χ1n) is 2.96. The van der Waals surface area contributed by atoms with Crippen molar-refractivity contribution >= 4 is 28.2 Å². The topological polar surface area (TPSA) is 0 Å². The summed E-state index contributed by atoms with van der Waals surface area (Å²) in [5.41, 5.74) is 1.96. The molecule has 0 nitrogen and oxygen atoms in total. The van der Waals surface area contributed by atoms with Crippen LogP contribution in [-0.2, 0) is 0 Å². The summed E-state index contributed by atoms with van der Waals surface area (Å²) < 4.78 is 12.4. The Hall–Kier alpha value is -0.530. The maximum Gasteiger partial charge on any atom is 0.123 e. The standard InChI is InChI=1S/C8H5Cl2F/c9-5-8(10)6-1-3-7(11)4-2-6/h1-5H/b8-5-. The summed E-state index contributed by atoms with van der Waals surface area (Å²) in [6.45, 7) is 0. The van der Waals surface area contributed by atoms with Crippen LogP contribution in [0.1, 0.15) is 5.56 Å². The summed E-state index contributed by atoms with van der Waals surface area (Å²) in [7, 11) is 0. The van der Waals surface area contributed by atoms with Crippen LogP contribution in [0.3, 0.4) is 0 Å². The second-order valence-electron chi connectivity index (χ2n) is 1.96. The minimum atomic E-state index is -0.284. The molecule has 1 aromatic rings. The monoisotopic (exact) mass is 190 g/mol. The van der Waals surface area contributed by atoms with Crippen molar-refractivity contribution < 1.29 is 4.39 Å². The molecular weight excluding hydrogens is 186 g/mol. The Morgan fingerprint density at radius 3 is 2.27 bits per heavy atom. The number of benzene rings is 1. The van der Waals surface area contributed by atoms with Crippen molar-refractivity contribution in [3.63, 3.8) is 0 Å². The van der Waals surface area contributed by atoms with Gasteiger partial charge in [0.15, 0.2) is 0 Å². The Labute approximate surface area is 74.2 Å². The lowest BCUT2D eigenvalue weighted by Gasteiger charge is -1.95. The molecule has 0 unspecified atom stereocenters. The number of hydrogen-bond acceptors (Lipinski definition) is 0. The van der Waals surface area contributed by atoms with Crippen LogP contribution in [0.15, 0.2) is 29.8 Å². The fraction of sp³-hybridized carbons (Fsp3) is 0. The van der Waals surface area contributed by atoms with Gasteiger partial charge in [-0.25, -0.2) is 4.39 Å². The van der Waals surface area contributed by atoms with E-state index in [9.17, 15) is 4.39 Å². The van der Waals surface area contributed by atoms with Gasteiger partial charge in [-0.1, -0.05) is 35.3 Å². The zero-order valence-corrected chi connectivity index (χ0v) is 7.03. The molecule has 0 heterocycles. The van der Waals surface area contributed by atoms with Crippen LogP contribution in [0.25, 0.3) is 5.03 Å². The third kappa shape index (κ3) is 2.21. The van der Waals surface area contributed by atoms with Gasteiger partial charge < -0.3 is 0 Å². The second kappa shape index (κ2) is 3.74. The maximum absolute atomic E-state index is 12.4. The molecule has 0 fully saturated rings.